The van der Waals surface area contributed by atoms with E-state index in [0.717, 1.165) is 27.4 Å². The van der Waals surface area contributed by atoms with Crippen molar-refractivity contribution in [1.82, 2.24) is 4.98 Å². The molecular formula is C30H47NO4S2. The Bertz CT molecular complexity index is 852. The van der Waals surface area contributed by atoms with Gasteiger partial charge in [0.1, 0.15) is 0 Å². The third-order valence-corrected chi connectivity index (χ3v) is 9.05. The molecule has 2 rings (SSSR count). The molecule has 1 aromatic carbocycles. The number of aromatic nitrogens is 1. The zero-order valence-electron chi connectivity index (χ0n) is 22.8. The number of hydrogen-bond acceptors (Lipinski definition) is 6. The Morgan fingerprint density at radius 3 is 1.95 bits per heavy atom. The number of rotatable bonds is 23. The molecule has 0 bridgehead atoms. The molecule has 0 aliphatic rings. The summed E-state index contributed by atoms with van der Waals surface area (Å²) in [5.41, 5.74) is 0.917. The number of hydrogen-bond donors (Lipinski definition) is 1. The van der Waals surface area contributed by atoms with E-state index in [2.05, 4.69) is 11.9 Å². The third kappa shape index (κ3) is 14.8. The second kappa shape index (κ2) is 20.4. The number of nitrogens with zero attached hydrogens (tertiary/aromatic N) is 1. The van der Waals surface area contributed by atoms with Crippen LogP contribution in [0, 0.1) is 5.92 Å². The summed E-state index contributed by atoms with van der Waals surface area (Å²) < 4.78 is 7.22. The first kappa shape index (κ1) is 31.6. The number of ether oxygens (including phenoxy) is 1. The van der Waals surface area contributed by atoms with E-state index in [0.29, 0.717) is 12.4 Å². The van der Waals surface area contributed by atoms with Crippen molar-refractivity contribution in [3.8, 4) is 0 Å². The molecule has 0 saturated carbocycles. The van der Waals surface area contributed by atoms with Crippen LogP contribution in [0.3, 0.4) is 0 Å². The van der Waals surface area contributed by atoms with Gasteiger partial charge in [0.15, 0.2) is 4.34 Å². The van der Waals surface area contributed by atoms with Crippen molar-refractivity contribution in [3.63, 3.8) is 0 Å². The van der Waals surface area contributed by atoms with E-state index in [1.54, 1.807) is 11.3 Å². The third-order valence-electron chi connectivity index (χ3n) is 6.71. The van der Waals surface area contributed by atoms with Crippen molar-refractivity contribution in [3.05, 3.63) is 24.3 Å². The monoisotopic (exact) mass is 549 g/mol. The van der Waals surface area contributed by atoms with Crippen molar-refractivity contribution in [2.24, 2.45) is 5.92 Å². The highest BCUT2D eigenvalue weighted by molar-refractivity contribution is 8.01. The van der Waals surface area contributed by atoms with Crippen LogP contribution in [0.15, 0.2) is 28.6 Å². The molecule has 37 heavy (non-hydrogen) atoms. The minimum atomic E-state index is -0.965. The van der Waals surface area contributed by atoms with E-state index in [1.165, 1.54) is 102 Å². The van der Waals surface area contributed by atoms with Gasteiger partial charge in [-0.1, -0.05) is 127 Å². The Kier molecular flexibility index (Phi) is 17.4. The summed E-state index contributed by atoms with van der Waals surface area (Å²) in [6.07, 6.45) is 20.8. The number of carbonyl (C=O) groups excluding carboxylic acids is 1. The average molecular weight is 550 g/mol. The quantitative estimate of drug-likeness (QED) is 0.0845. The molecule has 1 N–H and O–H groups in total. The molecule has 0 radical (unpaired) electrons. The van der Waals surface area contributed by atoms with Crippen LogP contribution in [0.25, 0.3) is 10.2 Å². The van der Waals surface area contributed by atoms with Crippen LogP contribution in [-0.4, -0.2) is 34.4 Å². The SMILES string of the molecule is CCCCCCCCCCCCCCCCCCOC(=O)CC(CSc1nc2ccccc2s1)C(=O)O. The maximum atomic E-state index is 12.2. The van der Waals surface area contributed by atoms with E-state index >= 15 is 0 Å². The number of aliphatic carboxylic acids is 1. The number of benzene rings is 1. The zero-order valence-corrected chi connectivity index (χ0v) is 24.4. The molecule has 0 fully saturated rings. The summed E-state index contributed by atoms with van der Waals surface area (Å²) in [7, 11) is 0. The van der Waals surface area contributed by atoms with Crippen LogP contribution in [0.5, 0.6) is 0 Å². The van der Waals surface area contributed by atoms with Gasteiger partial charge >= 0.3 is 11.9 Å². The first-order chi connectivity index (χ1) is 18.1. The minimum Gasteiger partial charge on any atom is -0.481 e. The molecule has 208 valence electrons. The molecule has 0 aliphatic heterocycles. The van der Waals surface area contributed by atoms with Crippen LogP contribution in [-0.2, 0) is 14.3 Å². The van der Waals surface area contributed by atoms with Gasteiger partial charge in [-0.15, -0.1) is 11.3 Å². The van der Waals surface area contributed by atoms with E-state index in [9.17, 15) is 14.7 Å². The first-order valence-corrected chi connectivity index (χ1v) is 16.3. The lowest BCUT2D eigenvalue weighted by Crippen LogP contribution is -2.21. The lowest BCUT2D eigenvalue weighted by Gasteiger charge is -2.11. The Labute approximate surface area is 232 Å². The number of thioether (sulfide) groups is 1. The van der Waals surface area contributed by atoms with Gasteiger partial charge in [0.2, 0.25) is 0 Å². The fourth-order valence-electron chi connectivity index (χ4n) is 4.40. The number of thiazole rings is 1. The van der Waals surface area contributed by atoms with Gasteiger partial charge in [-0.3, -0.25) is 9.59 Å². The molecule has 7 heteroatoms. The smallest absolute Gasteiger partial charge is 0.307 e. The number of carboxylic acid groups (broad SMARTS) is 1. The number of carbonyl (C=O) groups is 2. The molecule has 1 unspecified atom stereocenters. The molecule has 0 amide bonds. The Morgan fingerprint density at radius 2 is 1.41 bits per heavy atom. The standard InChI is InChI=1S/C30H47NO4S2/c1-2-3-4-5-6-7-8-9-10-11-12-13-14-15-16-19-22-35-28(32)23-25(29(33)34)24-36-30-31-26-20-17-18-21-27(26)37-30/h17-18,20-21,25H,2-16,19,22-24H2,1H3,(H,33,34). The summed E-state index contributed by atoms with van der Waals surface area (Å²) in [5, 5.41) is 9.52. The summed E-state index contributed by atoms with van der Waals surface area (Å²) in [6.45, 7) is 2.65. The summed E-state index contributed by atoms with van der Waals surface area (Å²) in [5.74, 6) is -1.84. The zero-order chi connectivity index (χ0) is 26.6. The van der Waals surface area contributed by atoms with Gasteiger partial charge in [-0.25, -0.2) is 4.98 Å². The Balaban J connectivity index is 1.42. The van der Waals surface area contributed by atoms with Crippen LogP contribution in [0.1, 0.15) is 116 Å². The molecule has 0 saturated heterocycles. The highest BCUT2D eigenvalue weighted by Crippen LogP contribution is 2.31. The van der Waals surface area contributed by atoms with E-state index in [-0.39, 0.29) is 6.42 Å². The highest BCUT2D eigenvalue weighted by Gasteiger charge is 2.23. The highest BCUT2D eigenvalue weighted by atomic mass is 32.2. The van der Waals surface area contributed by atoms with Crippen molar-refractivity contribution >= 4 is 45.3 Å². The fourth-order valence-corrected chi connectivity index (χ4v) is 6.57. The van der Waals surface area contributed by atoms with Gasteiger partial charge in [0.05, 0.1) is 29.2 Å². The number of carboxylic acids is 1. The van der Waals surface area contributed by atoms with Crippen LogP contribution < -0.4 is 0 Å². The average Bonchev–Trinajstić information content (AvgIpc) is 3.31. The first-order valence-electron chi connectivity index (χ1n) is 14.5. The maximum absolute atomic E-state index is 12.2. The van der Waals surface area contributed by atoms with E-state index in [1.807, 2.05) is 24.3 Å². The minimum absolute atomic E-state index is 0.0912. The summed E-state index contributed by atoms with van der Waals surface area (Å²) in [6, 6.07) is 7.85. The van der Waals surface area contributed by atoms with Gasteiger partial charge in [0.25, 0.3) is 0 Å². The second-order valence-electron chi connectivity index (χ2n) is 10.0. The van der Waals surface area contributed by atoms with Crippen molar-refractivity contribution in [1.29, 1.82) is 0 Å². The lowest BCUT2D eigenvalue weighted by molar-refractivity contribution is -0.150. The maximum Gasteiger partial charge on any atom is 0.307 e. The molecule has 2 aromatic rings. The number of para-hydroxylation sites is 1. The molecular weight excluding hydrogens is 502 g/mol. The summed E-state index contributed by atoms with van der Waals surface area (Å²) >= 11 is 2.94. The second-order valence-corrected chi connectivity index (χ2v) is 12.3. The number of fused-ring (bicyclic) bond motifs is 1. The molecule has 5 nitrogen and oxygen atoms in total. The Hall–Kier alpha value is -1.60. The molecule has 0 spiro atoms. The van der Waals surface area contributed by atoms with Crippen molar-refractivity contribution < 1.29 is 19.4 Å². The van der Waals surface area contributed by atoms with Gasteiger partial charge in [0, 0.05) is 5.75 Å². The summed E-state index contributed by atoms with van der Waals surface area (Å²) in [4.78, 5) is 28.3. The van der Waals surface area contributed by atoms with Gasteiger partial charge in [-0.05, 0) is 18.6 Å². The topological polar surface area (TPSA) is 76.5 Å². The van der Waals surface area contributed by atoms with Crippen LogP contribution in [0.4, 0.5) is 0 Å². The predicted octanol–water partition coefficient (Wildman–Crippen LogP) is 9.28. The lowest BCUT2D eigenvalue weighted by atomic mass is 10.0. The normalized spacial score (nSPS) is 12.1. The van der Waals surface area contributed by atoms with Gasteiger partial charge < -0.3 is 9.84 Å². The molecule has 1 atom stereocenters. The molecule has 0 aliphatic carbocycles. The fraction of sp³-hybridized carbons (Fsp3) is 0.700. The van der Waals surface area contributed by atoms with Crippen molar-refractivity contribution in [2.75, 3.05) is 12.4 Å². The largest absolute Gasteiger partial charge is 0.481 e. The van der Waals surface area contributed by atoms with Crippen LogP contribution >= 0.6 is 23.1 Å². The molecule has 1 aromatic heterocycles. The van der Waals surface area contributed by atoms with E-state index in [4.69, 9.17) is 4.74 Å². The molecule has 1 heterocycles. The number of esters is 1. The Morgan fingerprint density at radius 1 is 0.865 bits per heavy atom. The predicted molar refractivity (Wildman–Crippen MR) is 157 cm³/mol. The number of unbranched alkanes of at least 4 members (excludes halogenated alkanes) is 15. The van der Waals surface area contributed by atoms with Crippen LogP contribution in [0.2, 0.25) is 0 Å². The van der Waals surface area contributed by atoms with E-state index < -0.39 is 17.9 Å². The van der Waals surface area contributed by atoms with Crippen molar-refractivity contribution in [2.45, 2.75) is 120 Å². The van der Waals surface area contributed by atoms with Gasteiger partial charge in [-0.2, -0.15) is 0 Å².